The van der Waals surface area contributed by atoms with Crippen LogP contribution in [0.4, 0.5) is 14.5 Å². The van der Waals surface area contributed by atoms with Gasteiger partial charge in [0, 0.05) is 24.0 Å². The number of nitrogens with zero attached hydrogens (tertiary/aromatic N) is 4. The molecule has 5 rings (SSSR count). The number of aromatic nitrogens is 4. The molecule has 1 amide bonds. The van der Waals surface area contributed by atoms with Gasteiger partial charge in [0.25, 0.3) is 5.91 Å². The summed E-state index contributed by atoms with van der Waals surface area (Å²) in [6.07, 6.45) is 2.63. The third kappa shape index (κ3) is 4.59. The summed E-state index contributed by atoms with van der Waals surface area (Å²) in [7, 11) is 0. The van der Waals surface area contributed by atoms with Gasteiger partial charge in [-0.25, -0.2) is 23.4 Å². The number of hydrogen-bond donors (Lipinski definition) is 1. The number of carbonyl (C=O) groups is 1. The first-order valence-electron chi connectivity index (χ1n) is 9.91. The lowest BCUT2D eigenvalue weighted by molar-refractivity contribution is 0.101. The highest BCUT2D eigenvalue weighted by molar-refractivity contribution is 7.17. The lowest BCUT2D eigenvalue weighted by atomic mass is 10.2. The summed E-state index contributed by atoms with van der Waals surface area (Å²) in [4.78, 5) is 33.1. The molecule has 3 aromatic heterocycles. The fraction of sp³-hybridized carbons (Fsp3) is 0. The van der Waals surface area contributed by atoms with Crippen LogP contribution in [-0.2, 0) is 0 Å². The highest BCUT2D eigenvalue weighted by atomic mass is 35.5. The van der Waals surface area contributed by atoms with E-state index in [0.29, 0.717) is 15.9 Å². The second-order valence-corrected chi connectivity index (χ2v) is 8.41. The fourth-order valence-electron chi connectivity index (χ4n) is 3.13. The molecule has 174 valence electrons. The van der Waals surface area contributed by atoms with Crippen LogP contribution in [-0.4, -0.2) is 25.7 Å². The standard InChI is InChI=1S/C23H12ClF2N5O3S/c24-14-10-13(2-3-15(14)25)31-7-5-18(32)20(30-31)22(33)29-12-1-4-19(16(26)9-12)34-23-21-17(6-8-35-21)27-11-28-23/h1-11H,(H,29,33). The van der Waals surface area contributed by atoms with Crippen molar-refractivity contribution >= 4 is 44.7 Å². The Kier molecular flexibility index (Phi) is 5.93. The van der Waals surface area contributed by atoms with E-state index in [0.717, 1.165) is 18.2 Å². The molecular formula is C23H12ClF2N5O3S. The van der Waals surface area contributed by atoms with Crippen molar-refractivity contribution in [2.45, 2.75) is 0 Å². The molecule has 35 heavy (non-hydrogen) atoms. The molecule has 0 aliphatic rings. The number of amides is 1. The molecule has 0 atom stereocenters. The van der Waals surface area contributed by atoms with E-state index in [1.165, 1.54) is 52.8 Å². The minimum atomic E-state index is -0.860. The van der Waals surface area contributed by atoms with Crippen molar-refractivity contribution in [1.29, 1.82) is 0 Å². The molecule has 12 heteroatoms. The minimum Gasteiger partial charge on any atom is -0.434 e. The molecule has 0 aliphatic heterocycles. The van der Waals surface area contributed by atoms with Crippen LogP contribution < -0.4 is 15.5 Å². The van der Waals surface area contributed by atoms with Gasteiger partial charge in [0.1, 0.15) is 16.8 Å². The van der Waals surface area contributed by atoms with E-state index < -0.39 is 28.7 Å². The maximum absolute atomic E-state index is 14.7. The average Bonchev–Trinajstić information content (AvgIpc) is 3.33. The van der Waals surface area contributed by atoms with Crippen LogP contribution in [0.5, 0.6) is 11.6 Å². The molecule has 0 spiro atoms. The Labute approximate surface area is 204 Å². The Balaban J connectivity index is 1.37. The molecule has 8 nitrogen and oxygen atoms in total. The van der Waals surface area contributed by atoms with Crippen LogP contribution in [0.3, 0.4) is 0 Å². The van der Waals surface area contributed by atoms with Gasteiger partial charge < -0.3 is 10.1 Å². The zero-order chi connectivity index (χ0) is 24.5. The number of hydrogen-bond acceptors (Lipinski definition) is 7. The molecule has 0 aliphatic carbocycles. The second kappa shape index (κ2) is 9.20. The van der Waals surface area contributed by atoms with Crippen molar-refractivity contribution in [1.82, 2.24) is 19.7 Å². The zero-order valence-electron chi connectivity index (χ0n) is 17.4. The lowest BCUT2D eigenvalue weighted by Gasteiger charge is -2.10. The number of rotatable bonds is 5. The molecule has 2 aromatic carbocycles. The smallest absolute Gasteiger partial charge is 0.280 e. The van der Waals surface area contributed by atoms with Crippen molar-refractivity contribution in [2.75, 3.05) is 5.32 Å². The number of thiophene rings is 1. The highest BCUT2D eigenvalue weighted by Gasteiger charge is 2.16. The maximum atomic E-state index is 14.7. The van der Waals surface area contributed by atoms with Crippen molar-refractivity contribution in [3.8, 4) is 17.3 Å². The van der Waals surface area contributed by atoms with E-state index in [9.17, 15) is 18.4 Å². The van der Waals surface area contributed by atoms with Crippen molar-refractivity contribution in [3.05, 3.63) is 99.0 Å². The fourth-order valence-corrected chi connectivity index (χ4v) is 4.08. The van der Waals surface area contributed by atoms with E-state index in [1.54, 1.807) is 6.07 Å². The number of nitrogens with one attached hydrogen (secondary N) is 1. The van der Waals surface area contributed by atoms with E-state index >= 15 is 0 Å². The van der Waals surface area contributed by atoms with Gasteiger partial charge in [0.2, 0.25) is 11.3 Å². The quantitative estimate of drug-likeness (QED) is 0.347. The maximum Gasteiger partial charge on any atom is 0.280 e. The van der Waals surface area contributed by atoms with E-state index in [1.807, 2.05) is 5.38 Å². The first-order valence-corrected chi connectivity index (χ1v) is 11.2. The Morgan fingerprint density at radius 1 is 1.06 bits per heavy atom. The second-order valence-electron chi connectivity index (χ2n) is 7.09. The summed E-state index contributed by atoms with van der Waals surface area (Å²) in [5.41, 5.74) is -0.0214. The van der Waals surface area contributed by atoms with Crippen LogP contribution in [0.2, 0.25) is 5.02 Å². The number of carbonyl (C=O) groups excluding carboxylic acids is 1. The molecular weight excluding hydrogens is 500 g/mol. The number of benzene rings is 2. The topological polar surface area (TPSA) is 99.0 Å². The van der Waals surface area contributed by atoms with E-state index in [4.69, 9.17) is 16.3 Å². The van der Waals surface area contributed by atoms with Gasteiger partial charge in [0.05, 0.1) is 16.2 Å². The highest BCUT2D eigenvalue weighted by Crippen LogP contribution is 2.32. The molecule has 0 saturated heterocycles. The third-order valence-corrected chi connectivity index (χ3v) is 5.98. The third-order valence-electron chi connectivity index (χ3n) is 4.80. The largest absolute Gasteiger partial charge is 0.434 e. The number of anilines is 1. The SMILES string of the molecule is O=C(Nc1ccc(Oc2ncnc3ccsc23)c(F)c1)c1nn(-c2ccc(F)c(Cl)c2)ccc1=O. The molecule has 0 fully saturated rings. The molecule has 3 heterocycles. The van der Waals surface area contributed by atoms with Crippen molar-refractivity contribution in [3.63, 3.8) is 0 Å². The number of halogens is 3. The van der Waals surface area contributed by atoms with Gasteiger partial charge >= 0.3 is 0 Å². The van der Waals surface area contributed by atoms with Crippen LogP contribution in [0.15, 0.2) is 71.2 Å². The molecule has 0 saturated carbocycles. The summed E-state index contributed by atoms with van der Waals surface area (Å²) in [6, 6.07) is 10.5. The summed E-state index contributed by atoms with van der Waals surface area (Å²) in [6.45, 7) is 0. The number of fused-ring (bicyclic) bond motifs is 1. The first kappa shape index (κ1) is 22.6. The molecule has 0 bridgehead atoms. The predicted molar refractivity (Wildman–Crippen MR) is 127 cm³/mol. The van der Waals surface area contributed by atoms with Crippen molar-refractivity contribution in [2.24, 2.45) is 0 Å². The average molecular weight is 512 g/mol. The normalized spacial score (nSPS) is 10.9. The molecule has 0 radical (unpaired) electrons. The molecule has 0 unspecified atom stereocenters. The van der Waals surface area contributed by atoms with Crippen LogP contribution in [0.1, 0.15) is 10.5 Å². The van der Waals surface area contributed by atoms with E-state index in [2.05, 4.69) is 20.4 Å². The monoisotopic (exact) mass is 511 g/mol. The van der Waals surface area contributed by atoms with Crippen LogP contribution in [0.25, 0.3) is 15.9 Å². The van der Waals surface area contributed by atoms with Gasteiger partial charge in [-0.3, -0.25) is 9.59 Å². The summed E-state index contributed by atoms with van der Waals surface area (Å²) in [5, 5.41) is 8.12. The van der Waals surface area contributed by atoms with Crippen LogP contribution in [0, 0.1) is 11.6 Å². The van der Waals surface area contributed by atoms with Gasteiger partial charge in [0.15, 0.2) is 17.3 Å². The van der Waals surface area contributed by atoms with E-state index in [-0.39, 0.29) is 22.3 Å². The predicted octanol–water partition coefficient (Wildman–Crippen LogP) is 5.21. The molecule has 1 N–H and O–H groups in total. The summed E-state index contributed by atoms with van der Waals surface area (Å²) < 4.78 is 35.6. The zero-order valence-corrected chi connectivity index (χ0v) is 19.0. The van der Waals surface area contributed by atoms with Gasteiger partial charge in [-0.2, -0.15) is 5.10 Å². The van der Waals surface area contributed by atoms with Gasteiger partial charge in [-0.15, -0.1) is 11.3 Å². The Morgan fingerprint density at radius 2 is 1.91 bits per heavy atom. The Morgan fingerprint density at radius 3 is 2.71 bits per heavy atom. The Hall–Kier alpha value is -4.22. The van der Waals surface area contributed by atoms with Gasteiger partial charge in [-0.1, -0.05) is 11.6 Å². The van der Waals surface area contributed by atoms with Crippen LogP contribution >= 0.6 is 22.9 Å². The minimum absolute atomic E-state index is 0.0743. The van der Waals surface area contributed by atoms with Gasteiger partial charge in [-0.05, 0) is 41.8 Å². The first-order chi connectivity index (χ1) is 16.9. The number of ether oxygens (including phenoxy) is 1. The summed E-state index contributed by atoms with van der Waals surface area (Å²) >= 11 is 7.15. The molecule has 5 aromatic rings. The lowest BCUT2D eigenvalue weighted by Crippen LogP contribution is -2.25. The Bertz CT molecular complexity index is 1660. The summed E-state index contributed by atoms with van der Waals surface area (Å²) in [5.74, 6) is -2.14. The van der Waals surface area contributed by atoms with Crippen molar-refractivity contribution < 1.29 is 18.3 Å².